The van der Waals surface area contributed by atoms with Crippen LogP contribution in [0.15, 0.2) is 54.6 Å². The molecule has 0 saturated carbocycles. The molecular weight excluding hydrogens is 384 g/mol. The first-order chi connectivity index (χ1) is 13.8. The molecule has 158 valence electrons. The van der Waals surface area contributed by atoms with Gasteiger partial charge in [-0.1, -0.05) is 49.4 Å². The highest BCUT2D eigenvalue weighted by Gasteiger charge is 2.18. The molecule has 0 heterocycles. The molecule has 1 N–H and O–H groups in total. The number of amides is 1. The summed E-state index contributed by atoms with van der Waals surface area (Å²) in [6, 6.07) is 17.8. The Kier molecular flexibility index (Phi) is 8.70. The molecule has 0 aromatic heterocycles. The van der Waals surface area contributed by atoms with Crippen LogP contribution >= 0.6 is 0 Å². The van der Waals surface area contributed by atoms with Gasteiger partial charge in [0.15, 0.2) is 0 Å². The normalized spacial score (nSPS) is 12.4. The monoisotopic (exact) mass is 416 g/mol. The molecule has 0 aliphatic heterocycles. The highest BCUT2D eigenvalue weighted by atomic mass is 32.2. The number of aryl methyl sites for hydroxylation is 2. The van der Waals surface area contributed by atoms with Gasteiger partial charge in [0.2, 0.25) is 15.9 Å². The molecule has 2 rings (SSSR count). The van der Waals surface area contributed by atoms with Gasteiger partial charge in [0.1, 0.15) is 0 Å². The highest BCUT2D eigenvalue weighted by Crippen LogP contribution is 2.19. The van der Waals surface area contributed by atoms with Crippen LogP contribution in [0.5, 0.6) is 0 Å². The van der Waals surface area contributed by atoms with Gasteiger partial charge in [-0.25, -0.2) is 8.42 Å². The minimum absolute atomic E-state index is 0.0413. The van der Waals surface area contributed by atoms with Crippen molar-refractivity contribution in [1.29, 1.82) is 0 Å². The SMILES string of the molecule is CCc1ccc(N(CCCC(=O)N[C@H](C)CCc2ccccc2)S(C)(=O)=O)cc1. The largest absolute Gasteiger partial charge is 0.354 e. The van der Waals surface area contributed by atoms with E-state index in [1.165, 1.54) is 16.1 Å². The Morgan fingerprint density at radius 3 is 2.28 bits per heavy atom. The third-order valence-electron chi connectivity index (χ3n) is 4.91. The standard InChI is InChI=1S/C23H32N2O3S/c1-4-20-14-16-22(17-15-20)25(29(3,27)28)18-8-11-23(26)24-19(2)12-13-21-9-6-5-7-10-21/h5-7,9-10,14-17,19H,4,8,11-13,18H2,1-3H3,(H,24,26)/t19-/m1/s1. The minimum Gasteiger partial charge on any atom is -0.354 e. The van der Waals surface area contributed by atoms with Crippen molar-refractivity contribution < 1.29 is 13.2 Å². The first-order valence-corrected chi connectivity index (χ1v) is 12.0. The van der Waals surface area contributed by atoms with Gasteiger partial charge in [0.05, 0.1) is 11.9 Å². The fourth-order valence-corrected chi connectivity index (χ4v) is 4.18. The molecule has 0 bridgehead atoms. The van der Waals surface area contributed by atoms with E-state index in [0.717, 1.165) is 24.8 Å². The lowest BCUT2D eigenvalue weighted by Crippen LogP contribution is -2.35. The summed E-state index contributed by atoms with van der Waals surface area (Å²) in [4.78, 5) is 12.2. The summed E-state index contributed by atoms with van der Waals surface area (Å²) in [7, 11) is -3.40. The van der Waals surface area contributed by atoms with Crippen LogP contribution < -0.4 is 9.62 Å². The number of hydrogen-bond donors (Lipinski definition) is 1. The lowest BCUT2D eigenvalue weighted by atomic mass is 10.1. The van der Waals surface area contributed by atoms with E-state index in [1.807, 2.05) is 49.4 Å². The Labute approximate surface area is 175 Å². The number of carbonyl (C=O) groups excluding carboxylic acids is 1. The van der Waals surface area contributed by atoms with Gasteiger partial charge in [0.25, 0.3) is 0 Å². The Bertz CT molecular complexity index is 865. The lowest BCUT2D eigenvalue weighted by Gasteiger charge is -2.23. The minimum atomic E-state index is -3.40. The van der Waals surface area contributed by atoms with Crippen molar-refractivity contribution in [3.05, 3.63) is 65.7 Å². The molecule has 1 atom stereocenters. The number of sulfonamides is 1. The fraction of sp³-hybridized carbons (Fsp3) is 0.435. The molecule has 0 saturated heterocycles. The summed E-state index contributed by atoms with van der Waals surface area (Å²) in [5.74, 6) is -0.0413. The van der Waals surface area contributed by atoms with E-state index in [4.69, 9.17) is 0 Å². The summed E-state index contributed by atoms with van der Waals surface area (Å²) >= 11 is 0. The topological polar surface area (TPSA) is 66.5 Å². The Hall–Kier alpha value is -2.34. The van der Waals surface area contributed by atoms with Crippen LogP contribution in [0, 0.1) is 0 Å². The second-order valence-electron chi connectivity index (χ2n) is 7.45. The van der Waals surface area contributed by atoms with Crippen LogP contribution in [0.3, 0.4) is 0 Å². The van der Waals surface area contributed by atoms with Crippen LogP contribution in [0.4, 0.5) is 5.69 Å². The second-order valence-corrected chi connectivity index (χ2v) is 9.36. The number of carbonyl (C=O) groups is 1. The predicted molar refractivity (Wildman–Crippen MR) is 120 cm³/mol. The third kappa shape index (κ3) is 7.89. The first kappa shape index (κ1) is 22.9. The molecule has 5 nitrogen and oxygen atoms in total. The molecule has 0 aliphatic rings. The summed E-state index contributed by atoms with van der Waals surface area (Å²) < 4.78 is 25.7. The van der Waals surface area contributed by atoms with Crippen molar-refractivity contribution >= 4 is 21.6 Å². The van der Waals surface area contributed by atoms with Crippen molar-refractivity contribution in [2.75, 3.05) is 17.1 Å². The van der Waals surface area contributed by atoms with Gasteiger partial charge in [-0.05, 0) is 55.9 Å². The lowest BCUT2D eigenvalue weighted by molar-refractivity contribution is -0.121. The van der Waals surface area contributed by atoms with E-state index in [-0.39, 0.29) is 18.5 Å². The average Bonchev–Trinajstić information content (AvgIpc) is 2.70. The van der Waals surface area contributed by atoms with Crippen molar-refractivity contribution in [2.24, 2.45) is 0 Å². The zero-order valence-corrected chi connectivity index (χ0v) is 18.4. The Morgan fingerprint density at radius 2 is 1.69 bits per heavy atom. The van der Waals surface area contributed by atoms with E-state index < -0.39 is 10.0 Å². The third-order valence-corrected chi connectivity index (χ3v) is 6.11. The van der Waals surface area contributed by atoms with Crippen molar-refractivity contribution in [3.63, 3.8) is 0 Å². The second kappa shape index (κ2) is 11.0. The maximum Gasteiger partial charge on any atom is 0.232 e. The zero-order chi connectivity index (χ0) is 21.3. The zero-order valence-electron chi connectivity index (χ0n) is 17.6. The molecule has 0 unspecified atom stereocenters. The molecule has 2 aromatic carbocycles. The quantitative estimate of drug-likeness (QED) is 0.603. The van der Waals surface area contributed by atoms with Crippen molar-refractivity contribution in [2.45, 2.75) is 52.0 Å². The van der Waals surface area contributed by atoms with E-state index in [0.29, 0.717) is 18.5 Å². The van der Waals surface area contributed by atoms with Gasteiger partial charge < -0.3 is 5.32 Å². The van der Waals surface area contributed by atoms with E-state index >= 15 is 0 Å². The summed E-state index contributed by atoms with van der Waals surface area (Å²) in [6.07, 6.45) is 4.66. The summed E-state index contributed by atoms with van der Waals surface area (Å²) in [6.45, 7) is 4.35. The van der Waals surface area contributed by atoms with Gasteiger partial charge in [0, 0.05) is 19.0 Å². The van der Waals surface area contributed by atoms with Gasteiger partial charge in [-0.2, -0.15) is 0 Å². The number of hydrogen-bond acceptors (Lipinski definition) is 3. The van der Waals surface area contributed by atoms with E-state index in [9.17, 15) is 13.2 Å². The number of nitrogens with one attached hydrogen (secondary N) is 1. The maximum atomic E-state index is 12.2. The molecular formula is C23H32N2O3S. The predicted octanol–water partition coefficient (Wildman–Crippen LogP) is 3.93. The number of benzene rings is 2. The molecule has 0 radical (unpaired) electrons. The van der Waals surface area contributed by atoms with Crippen LogP contribution in [0.1, 0.15) is 44.2 Å². The number of nitrogens with zero attached hydrogens (tertiary/aromatic N) is 1. The van der Waals surface area contributed by atoms with Crippen LogP contribution in [-0.4, -0.2) is 33.2 Å². The van der Waals surface area contributed by atoms with E-state index in [2.05, 4.69) is 24.4 Å². The highest BCUT2D eigenvalue weighted by molar-refractivity contribution is 7.92. The average molecular weight is 417 g/mol. The van der Waals surface area contributed by atoms with Gasteiger partial charge >= 0.3 is 0 Å². The molecule has 0 aliphatic carbocycles. The fourth-order valence-electron chi connectivity index (χ4n) is 3.21. The molecule has 0 spiro atoms. The molecule has 2 aromatic rings. The molecule has 0 fully saturated rings. The van der Waals surface area contributed by atoms with Crippen molar-refractivity contribution in [1.82, 2.24) is 5.32 Å². The van der Waals surface area contributed by atoms with E-state index in [1.54, 1.807) is 0 Å². The summed E-state index contributed by atoms with van der Waals surface area (Å²) in [5, 5.41) is 3.01. The van der Waals surface area contributed by atoms with Crippen LogP contribution in [0.25, 0.3) is 0 Å². The number of anilines is 1. The Morgan fingerprint density at radius 1 is 1.03 bits per heavy atom. The Balaban J connectivity index is 1.81. The first-order valence-electron chi connectivity index (χ1n) is 10.2. The van der Waals surface area contributed by atoms with Crippen molar-refractivity contribution in [3.8, 4) is 0 Å². The molecule has 1 amide bonds. The van der Waals surface area contributed by atoms with Crippen LogP contribution in [-0.2, 0) is 27.7 Å². The number of rotatable bonds is 11. The van der Waals surface area contributed by atoms with Gasteiger partial charge in [-0.3, -0.25) is 9.10 Å². The molecule has 29 heavy (non-hydrogen) atoms. The summed E-state index contributed by atoms with van der Waals surface area (Å²) in [5.41, 5.74) is 3.05. The van der Waals surface area contributed by atoms with Crippen LogP contribution in [0.2, 0.25) is 0 Å². The van der Waals surface area contributed by atoms with Gasteiger partial charge in [-0.15, -0.1) is 0 Å². The maximum absolute atomic E-state index is 12.2. The molecule has 6 heteroatoms. The smallest absolute Gasteiger partial charge is 0.232 e.